The lowest BCUT2D eigenvalue weighted by atomic mass is 10.0. The molecule has 2 aromatic carbocycles. The Balaban J connectivity index is 0.000000537. The van der Waals surface area contributed by atoms with Gasteiger partial charge in [-0.15, -0.1) is 0 Å². The number of aryl methyl sites for hydroxylation is 1. The fraction of sp³-hybridized carbons (Fsp3) is 0.105. The summed E-state index contributed by atoms with van der Waals surface area (Å²) in [5, 5.41) is 19.8. The third-order valence-corrected chi connectivity index (χ3v) is 3.71. The molecule has 0 aliphatic heterocycles. The molecule has 0 saturated carbocycles. The van der Waals surface area contributed by atoms with Crippen molar-refractivity contribution >= 4 is 32.9 Å². The Hall–Kier alpha value is -3.50. The van der Waals surface area contributed by atoms with Crippen molar-refractivity contribution in [1.82, 2.24) is 10.3 Å². The summed E-state index contributed by atoms with van der Waals surface area (Å²) in [6, 6.07) is 14.0. The Kier molecular flexibility index (Phi) is 6.52. The van der Waals surface area contributed by atoms with Gasteiger partial charge < -0.3 is 10.8 Å². The van der Waals surface area contributed by atoms with Gasteiger partial charge in [-0.25, -0.2) is 4.98 Å². The molecule has 0 saturated heterocycles. The SMILES string of the molecule is CS(=O)(=O)O.Cc1ccccc1-c1cc(C(=O)NC(=N)N)c2ccc(O)cc2n1. The van der Waals surface area contributed by atoms with E-state index in [1.54, 1.807) is 12.1 Å². The van der Waals surface area contributed by atoms with E-state index in [4.69, 9.17) is 15.7 Å². The number of hydrogen-bond acceptors (Lipinski definition) is 6. The average Bonchev–Trinajstić information content (AvgIpc) is 2.58. The Labute approximate surface area is 167 Å². The first-order chi connectivity index (χ1) is 13.5. The van der Waals surface area contributed by atoms with Crippen LogP contribution in [-0.2, 0) is 10.1 Å². The minimum atomic E-state index is -3.67. The van der Waals surface area contributed by atoms with Crippen LogP contribution in [0.25, 0.3) is 22.2 Å². The molecule has 0 bridgehead atoms. The second kappa shape index (κ2) is 8.67. The first-order valence-electron chi connectivity index (χ1n) is 8.23. The number of pyridine rings is 1. The molecule has 0 unspecified atom stereocenters. The molecular weight excluding hydrogens is 396 g/mol. The standard InChI is InChI=1S/C18H16N4O2.CH4O3S/c1-10-4-2-3-5-12(10)16-9-14(17(24)22-18(19)20)13-7-6-11(23)8-15(13)21-16;1-5(2,3)4/h2-9,23H,1H3,(H4,19,20,22,24);1H3,(H,2,3,4). The molecule has 1 amide bonds. The van der Waals surface area contributed by atoms with Crippen LogP contribution in [0, 0.1) is 12.3 Å². The molecule has 29 heavy (non-hydrogen) atoms. The minimum absolute atomic E-state index is 0.0647. The number of hydrogen-bond donors (Lipinski definition) is 5. The molecule has 3 rings (SSSR count). The molecule has 1 heterocycles. The summed E-state index contributed by atoms with van der Waals surface area (Å²) in [5.41, 5.74) is 8.61. The number of carbonyl (C=O) groups excluding carboxylic acids is 1. The van der Waals surface area contributed by atoms with Crippen molar-refractivity contribution in [3.05, 3.63) is 59.7 Å². The maximum Gasteiger partial charge on any atom is 0.261 e. The van der Waals surface area contributed by atoms with Crippen molar-refractivity contribution in [2.24, 2.45) is 5.73 Å². The summed E-state index contributed by atoms with van der Waals surface area (Å²) in [6.07, 6.45) is 0.715. The third kappa shape index (κ3) is 6.26. The van der Waals surface area contributed by atoms with Gasteiger partial charge in [-0.05, 0) is 30.7 Å². The number of nitrogens with two attached hydrogens (primary N) is 1. The molecule has 0 radical (unpaired) electrons. The van der Waals surface area contributed by atoms with Crippen LogP contribution < -0.4 is 11.1 Å². The number of nitrogens with one attached hydrogen (secondary N) is 2. The Bertz CT molecular complexity index is 1180. The van der Waals surface area contributed by atoms with Crippen LogP contribution in [0.15, 0.2) is 48.5 Å². The number of carbonyl (C=O) groups is 1. The number of phenolic OH excluding ortho intramolecular Hbond substituents is 1. The van der Waals surface area contributed by atoms with Gasteiger partial charge in [0.2, 0.25) is 0 Å². The van der Waals surface area contributed by atoms with Gasteiger partial charge in [0.15, 0.2) is 5.96 Å². The van der Waals surface area contributed by atoms with E-state index < -0.39 is 22.0 Å². The highest BCUT2D eigenvalue weighted by Crippen LogP contribution is 2.28. The lowest BCUT2D eigenvalue weighted by Crippen LogP contribution is -2.35. The number of rotatable bonds is 2. The molecule has 0 fully saturated rings. The van der Waals surface area contributed by atoms with E-state index in [0.29, 0.717) is 28.4 Å². The second-order valence-electron chi connectivity index (χ2n) is 6.17. The zero-order valence-corrected chi connectivity index (χ0v) is 16.5. The monoisotopic (exact) mass is 416 g/mol. The van der Waals surface area contributed by atoms with Crippen LogP contribution in [0.3, 0.4) is 0 Å². The Morgan fingerprint density at radius 2 is 1.79 bits per heavy atom. The number of aromatic nitrogens is 1. The van der Waals surface area contributed by atoms with E-state index in [9.17, 15) is 18.3 Å². The summed E-state index contributed by atoms with van der Waals surface area (Å²) in [7, 11) is -3.67. The average molecular weight is 416 g/mol. The van der Waals surface area contributed by atoms with E-state index >= 15 is 0 Å². The Morgan fingerprint density at radius 3 is 2.38 bits per heavy atom. The van der Waals surface area contributed by atoms with Crippen LogP contribution in [0.4, 0.5) is 0 Å². The number of aromatic hydroxyl groups is 1. The quantitative estimate of drug-likeness (QED) is 0.242. The van der Waals surface area contributed by atoms with Gasteiger partial charge in [-0.2, -0.15) is 8.42 Å². The molecular formula is C19H20N4O5S. The highest BCUT2D eigenvalue weighted by Gasteiger charge is 2.15. The molecule has 0 aliphatic carbocycles. The van der Waals surface area contributed by atoms with Gasteiger partial charge in [0.25, 0.3) is 16.0 Å². The first kappa shape index (κ1) is 21.8. The van der Waals surface area contributed by atoms with E-state index in [2.05, 4.69) is 10.3 Å². The molecule has 10 heteroatoms. The van der Waals surface area contributed by atoms with E-state index in [0.717, 1.165) is 11.1 Å². The van der Waals surface area contributed by atoms with Crippen LogP contribution in [0.1, 0.15) is 15.9 Å². The minimum Gasteiger partial charge on any atom is -0.508 e. The lowest BCUT2D eigenvalue weighted by Gasteiger charge is -2.11. The fourth-order valence-electron chi connectivity index (χ4n) is 2.59. The van der Waals surface area contributed by atoms with Crippen LogP contribution in [0.5, 0.6) is 5.75 Å². The number of fused-ring (bicyclic) bond motifs is 1. The highest BCUT2D eigenvalue weighted by atomic mass is 32.2. The molecule has 0 spiro atoms. The molecule has 0 atom stereocenters. The maximum atomic E-state index is 12.4. The van der Waals surface area contributed by atoms with E-state index in [1.165, 1.54) is 12.1 Å². The number of nitrogens with zero attached hydrogens (tertiary/aromatic N) is 1. The molecule has 1 aromatic heterocycles. The number of phenols is 1. The second-order valence-corrected chi connectivity index (χ2v) is 7.64. The Morgan fingerprint density at radius 1 is 1.17 bits per heavy atom. The number of amides is 1. The topological polar surface area (TPSA) is 166 Å². The predicted molar refractivity (Wildman–Crippen MR) is 110 cm³/mol. The number of guanidine groups is 1. The van der Waals surface area contributed by atoms with Crippen molar-refractivity contribution in [3.63, 3.8) is 0 Å². The highest BCUT2D eigenvalue weighted by molar-refractivity contribution is 7.85. The summed E-state index contributed by atoms with van der Waals surface area (Å²) < 4.78 is 25.9. The summed E-state index contributed by atoms with van der Waals surface area (Å²) in [4.78, 5) is 17.0. The van der Waals surface area contributed by atoms with Gasteiger partial charge in [-0.3, -0.25) is 20.1 Å². The summed E-state index contributed by atoms with van der Waals surface area (Å²) >= 11 is 0. The maximum absolute atomic E-state index is 12.4. The zero-order chi connectivity index (χ0) is 21.8. The van der Waals surface area contributed by atoms with Crippen molar-refractivity contribution < 1.29 is 22.9 Å². The summed E-state index contributed by atoms with van der Waals surface area (Å²) in [6.45, 7) is 1.96. The van der Waals surface area contributed by atoms with Crippen LogP contribution >= 0.6 is 0 Å². The van der Waals surface area contributed by atoms with Gasteiger partial charge in [-0.1, -0.05) is 24.3 Å². The van der Waals surface area contributed by atoms with Crippen molar-refractivity contribution in [2.45, 2.75) is 6.92 Å². The van der Waals surface area contributed by atoms with E-state index in [1.807, 2.05) is 31.2 Å². The van der Waals surface area contributed by atoms with Gasteiger partial charge in [0.05, 0.1) is 23.0 Å². The van der Waals surface area contributed by atoms with Crippen molar-refractivity contribution in [2.75, 3.05) is 6.26 Å². The molecule has 9 nitrogen and oxygen atoms in total. The van der Waals surface area contributed by atoms with Crippen LogP contribution in [0.2, 0.25) is 0 Å². The first-order valence-corrected chi connectivity index (χ1v) is 10.1. The molecule has 0 aliphatic rings. The summed E-state index contributed by atoms with van der Waals surface area (Å²) in [5.74, 6) is -0.855. The zero-order valence-electron chi connectivity index (χ0n) is 15.7. The molecule has 3 aromatic rings. The largest absolute Gasteiger partial charge is 0.508 e. The van der Waals surface area contributed by atoms with Gasteiger partial charge in [0, 0.05) is 17.0 Å². The normalized spacial score (nSPS) is 10.7. The van der Waals surface area contributed by atoms with Crippen molar-refractivity contribution in [1.29, 1.82) is 5.41 Å². The smallest absolute Gasteiger partial charge is 0.261 e. The fourth-order valence-corrected chi connectivity index (χ4v) is 2.59. The van der Waals surface area contributed by atoms with Crippen molar-refractivity contribution in [3.8, 4) is 17.0 Å². The van der Waals surface area contributed by atoms with E-state index in [-0.39, 0.29) is 5.75 Å². The lowest BCUT2D eigenvalue weighted by molar-refractivity contribution is 0.0978. The van der Waals surface area contributed by atoms with Crippen LogP contribution in [-0.4, -0.2) is 41.2 Å². The van der Waals surface area contributed by atoms with Gasteiger partial charge in [0.1, 0.15) is 5.75 Å². The molecule has 6 N–H and O–H groups in total. The number of benzene rings is 2. The third-order valence-electron chi connectivity index (χ3n) is 3.71. The molecule has 152 valence electrons. The predicted octanol–water partition coefficient (Wildman–Crippen LogP) is 2.04. The van der Waals surface area contributed by atoms with Gasteiger partial charge >= 0.3 is 0 Å².